The molecule has 7 heteroatoms. The van der Waals surface area contributed by atoms with Crippen LogP contribution in [-0.2, 0) is 9.53 Å². The molecule has 3 N–H and O–H groups in total. The number of likely N-dealkylation sites (tertiary alicyclic amines) is 1. The first-order chi connectivity index (χ1) is 11.2. The van der Waals surface area contributed by atoms with Crippen molar-refractivity contribution in [1.82, 2.24) is 4.90 Å². The second-order valence-electron chi connectivity index (χ2n) is 5.72. The molecule has 1 aromatic rings. The molecular weight excluding hydrogens is 330 g/mol. The lowest BCUT2D eigenvalue weighted by Gasteiger charge is -2.37. The van der Waals surface area contributed by atoms with E-state index < -0.39 is 0 Å². The number of ether oxygens (including phenoxy) is 2. The van der Waals surface area contributed by atoms with Gasteiger partial charge in [-0.15, -0.1) is 12.4 Å². The monoisotopic (exact) mass is 357 g/mol. The average molecular weight is 358 g/mol. The first-order valence-electron chi connectivity index (χ1n) is 8.16. The molecule has 1 fully saturated rings. The van der Waals surface area contributed by atoms with Crippen LogP contribution in [0.2, 0.25) is 0 Å². The Labute approximate surface area is 150 Å². The molecule has 0 saturated carbocycles. The molecule has 0 aliphatic carbocycles. The van der Waals surface area contributed by atoms with Crippen LogP contribution in [0.15, 0.2) is 24.3 Å². The number of amides is 1. The maximum Gasteiger partial charge on any atom is 0.238 e. The van der Waals surface area contributed by atoms with Crippen molar-refractivity contribution in [3.8, 4) is 5.75 Å². The topological polar surface area (TPSA) is 76.8 Å². The van der Waals surface area contributed by atoms with Crippen molar-refractivity contribution in [1.29, 1.82) is 0 Å². The Balaban J connectivity index is 0.00000288. The molecule has 0 radical (unpaired) electrons. The summed E-state index contributed by atoms with van der Waals surface area (Å²) in [5.41, 5.74) is 6.56. The molecule has 6 nitrogen and oxygen atoms in total. The maximum absolute atomic E-state index is 12.4. The van der Waals surface area contributed by atoms with Gasteiger partial charge in [-0.3, -0.25) is 9.69 Å². The third kappa shape index (κ3) is 5.63. The summed E-state index contributed by atoms with van der Waals surface area (Å²) >= 11 is 0. The van der Waals surface area contributed by atoms with E-state index >= 15 is 0 Å². The van der Waals surface area contributed by atoms with Crippen LogP contribution in [0.5, 0.6) is 5.75 Å². The largest absolute Gasteiger partial charge is 0.492 e. The highest BCUT2D eigenvalue weighted by molar-refractivity contribution is 5.93. The van der Waals surface area contributed by atoms with Crippen molar-refractivity contribution >= 4 is 24.0 Å². The summed E-state index contributed by atoms with van der Waals surface area (Å²) in [6, 6.07) is 7.65. The number of hydrogen-bond donors (Lipinski definition) is 2. The summed E-state index contributed by atoms with van der Waals surface area (Å²) in [5, 5.41) is 2.93. The van der Waals surface area contributed by atoms with E-state index in [1.165, 1.54) is 0 Å². The van der Waals surface area contributed by atoms with Gasteiger partial charge in [-0.05, 0) is 31.9 Å². The molecule has 24 heavy (non-hydrogen) atoms. The van der Waals surface area contributed by atoms with Crippen LogP contribution < -0.4 is 15.8 Å². The van der Waals surface area contributed by atoms with Crippen LogP contribution >= 0.6 is 12.4 Å². The van der Waals surface area contributed by atoms with Crippen molar-refractivity contribution in [2.24, 2.45) is 5.73 Å². The van der Waals surface area contributed by atoms with Crippen molar-refractivity contribution in [3.05, 3.63) is 24.3 Å². The maximum atomic E-state index is 12.4. The minimum absolute atomic E-state index is 0. The van der Waals surface area contributed by atoms with Crippen molar-refractivity contribution < 1.29 is 14.3 Å². The van der Waals surface area contributed by atoms with Gasteiger partial charge in [0, 0.05) is 26.2 Å². The SMILES string of the molecule is CCOc1ccccc1NC(=O)CN1CCC(OC)CC1CN.Cl. The fourth-order valence-corrected chi connectivity index (χ4v) is 2.96. The van der Waals surface area contributed by atoms with E-state index in [9.17, 15) is 4.79 Å². The molecular formula is C17H28ClN3O3. The quantitative estimate of drug-likeness (QED) is 0.779. The number of benzene rings is 1. The lowest BCUT2D eigenvalue weighted by atomic mass is 9.99. The first-order valence-corrected chi connectivity index (χ1v) is 8.16. The zero-order chi connectivity index (χ0) is 16.7. The number of rotatable bonds is 7. The third-order valence-corrected chi connectivity index (χ3v) is 4.20. The van der Waals surface area contributed by atoms with Crippen LogP contribution in [0.4, 0.5) is 5.69 Å². The van der Waals surface area contributed by atoms with Gasteiger partial charge in [0.1, 0.15) is 5.75 Å². The highest BCUT2D eigenvalue weighted by atomic mass is 35.5. The van der Waals surface area contributed by atoms with Crippen molar-refractivity contribution in [2.45, 2.75) is 31.9 Å². The number of carbonyl (C=O) groups is 1. The van der Waals surface area contributed by atoms with Gasteiger partial charge >= 0.3 is 0 Å². The molecule has 2 rings (SSSR count). The number of methoxy groups -OCH3 is 1. The molecule has 1 aromatic carbocycles. The number of nitrogens with one attached hydrogen (secondary N) is 1. The van der Waals surface area contributed by atoms with Gasteiger partial charge in [0.25, 0.3) is 0 Å². The molecule has 2 unspecified atom stereocenters. The van der Waals surface area contributed by atoms with E-state index in [1.807, 2.05) is 31.2 Å². The molecule has 0 spiro atoms. The summed E-state index contributed by atoms with van der Waals surface area (Å²) in [6.07, 6.45) is 2.03. The summed E-state index contributed by atoms with van der Waals surface area (Å²) < 4.78 is 10.9. The Morgan fingerprint density at radius 3 is 2.83 bits per heavy atom. The van der Waals surface area contributed by atoms with E-state index in [0.29, 0.717) is 31.1 Å². The van der Waals surface area contributed by atoms with Gasteiger partial charge in [-0.2, -0.15) is 0 Å². The van der Waals surface area contributed by atoms with Gasteiger partial charge in [-0.1, -0.05) is 12.1 Å². The zero-order valence-corrected chi connectivity index (χ0v) is 15.2. The van der Waals surface area contributed by atoms with E-state index in [1.54, 1.807) is 7.11 Å². The summed E-state index contributed by atoms with van der Waals surface area (Å²) in [4.78, 5) is 14.5. The minimum atomic E-state index is -0.0496. The van der Waals surface area contributed by atoms with Crippen LogP contribution in [0.25, 0.3) is 0 Å². The van der Waals surface area contributed by atoms with Crippen molar-refractivity contribution in [2.75, 3.05) is 38.7 Å². The van der Waals surface area contributed by atoms with Gasteiger partial charge in [0.2, 0.25) is 5.91 Å². The number of nitrogens with zero attached hydrogens (tertiary/aromatic N) is 1. The van der Waals surface area contributed by atoms with Crippen LogP contribution in [0, 0.1) is 0 Å². The molecule has 1 aliphatic rings. The fraction of sp³-hybridized carbons (Fsp3) is 0.588. The van der Waals surface area contributed by atoms with Crippen molar-refractivity contribution in [3.63, 3.8) is 0 Å². The minimum Gasteiger partial charge on any atom is -0.492 e. The third-order valence-electron chi connectivity index (χ3n) is 4.20. The molecule has 1 heterocycles. The molecule has 1 amide bonds. The first kappa shape index (κ1) is 20.7. The molecule has 1 aliphatic heterocycles. The predicted octanol–water partition coefficient (Wildman–Crippen LogP) is 1.88. The highest BCUT2D eigenvalue weighted by Crippen LogP contribution is 2.24. The summed E-state index contributed by atoms with van der Waals surface area (Å²) in [5.74, 6) is 0.642. The Bertz CT molecular complexity index is 516. The number of hydrogen-bond acceptors (Lipinski definition) is 5. The van der Waals surface area contributed by atoms with Crippen LogP contribution in [0.1, 0.15) is 19.8 Å². The molecule has 0 bridgehead atoms. The Morgan fingerprint density at radius 2 is 2.17 bits per heavy atom. The second-order valence-corrected chi connectivity index (χ2v) is 5.72. The van der Waals surface area contributed by atoms with Crippen LogP contribution in [0.3, 0.4) is 0 Å². The van der Waals surface area contributed by atoms with Gasteiger partial charge in [0.15, 0.2) is 0 Å². The predicted molar refractivity (Wildman–Crippen MR) is 97.9 cm³/mol. The number of halogens is 1. The summed E-state index contributed by atoms with van der Waals surface area (Å²) in [7, 11) is 1.73. The van der Waals surface area contributed by atoms with Gasteiger partial charge < -0.3 is 20.5 Å². The van der Waals surface area contributed by atoms with Gasteiger partial charge in [-0.25, -0.2) is 0 Å². The smallest absolute Gasteiger partial charge is 0.238 e. The highest BCUT2D eigenvalue weighted by Gasteiger charge is 2.28. The fourth-order valence-electron chi connectivity index (χ4n) is 2.96. The average Bonchev–Trinajstić information content (AvgIpc) is 2.57. The Kier molecular flexibility index (Phi) is 9.07. The lowest BCUT2D eigenvalue weighted by molar-refractivity contribution is -0.118. The standard InChI is InChI=1S/C17H27N3O3.ClH/c1-3-23-16-7-5-4-6-15(16)19-17(21)12-20-9-8-14(22-2)10-13(20)11-18;/h4-7,13-14H,3,8-12,18H2,1-2H3,(H,19,21);1H. The van der Waals surface area contributed by atoms with Gasteiger partial charge in [0.05, 0.1) is 24.9 Å². The molecule has 136 valence electrons. The lowest BCUT2D eigenvalue weighted by Crippen LogP contribution is -2.50. The van der Waals surface area contributed by atoms with E-state index in [4.69, 9.17) is 15.2 Å². The number of anilines is 1. The summed E-state index contributed by atoms with van der Waals surface area (Å²) in [6.45, 7) is 4.17. The Hall–Kier alpha value is -1.34. The second kappa shape index (κ2) is 10.5. The van der Waals surface area contributed by atoms with Crippen LogP contribution in [-0.4, -0.2) is 56.3 Å². The molecule has 2 atom stereocenters. The molecule has 0 aromatic heterocycles. The number of carbonyl (C=O) groups excluding carboxylic acids is 1. The van der Waals surface area contributed by atoms with E-state index in [0.717, 1.165) is 19.4 Å². The number of nitrogens with two attached hydrogens (primary N) is 1. The van der Waals surface area contributed by atoms with E-state index in [2.05, 4.69) is 10.2 Å². The number of piperidine rings is 1. The Morgan fingerprint density at radius 1 is 1.42 bits per heavy atom. The normalized spacial score (nSPS) is 21.0. The number of para-hydroxylation sites is 2. The van der Waals surface area contributed by atoms with E-state index in [-0.39, 0.29) is 30.5 Å². The zero-order valence-electron chi connectivity index (χ0n) is 14.4. The molecule has 1 saturated heterocycles.